The molecule has 1 aromatic carbocycles. The second-order valence-corrected chi connectivity index (χ2v) is 8.57. The standard InChI is InChI=1S/C17H30FN3O2S/c1-15-14-16(8-9-17(15)18)24(22,23)21(12-6-10-19(2)3)13-7-11-20(4)5/h8-9,14H,6-7,10-13H2,1-5H3. The van der Waals surface area contributed by atoms with Crippen LogP contribution in [0.5, 0.6) is 0 Å². The summed E-state index contributed by atoms with van der Waals surface area (Å²) in [7, 11) is 4.26. The van der Waals surface area contributed by atoms with Crippen molar-refractivity contribution in [1.82, 2.24) is 14.1 Å². The number of halogens is 1. The maximum atomic E-state index is 13.5. The van der Waals surface area contributed by atoms with Crippen LogP contribution in [0.3, 0.4) is 0 Å². The monoisotopic (exact) mass is 359 g/mol. The highest BCUT2D eigenvalue weighted by Crippen LogP contribution is 2.19. The van der Waals surface area contributed by atoms with Crippen LogP contribution in [-0.4, -0.2) is 76.9 Å². The Balaban J connectivity index is 2.93. The summed E-state index contributed by atoms with van der Waals surface area (Å²) < 4.78 is 40.8. The first kappa shape index (κ1) is 21.0. The molecule has 0 heterocycles. The van der Waals surface area contributed by atoms with Crippen LogP contribution in [0.1, 0.15) is 18.4 Å². The third-order valence-corrected chi connectivity index (χ3v) is 5.69. The second-order valence-electron chi connectivity index (χ2n) is 6.63. The number of aryl methyl sites for hydroxylation is 1. The van der Waals surface area contributed by atoms with E-state index in [1.54, 1.807) is 6.92 Å². The van der Waals surface area contributed by atoms with Crippen LogP contribution in [0.15, 0.2) is 23.1 Å². The van der Waals surface area contributed by atoms with E-state index in [-0.39, 0.29) is 10.7 Å². The molecule has 0 unspecified atom stereocenters. The van der Waals surface area contributed by atoms with Gasteiger partial charge in [-0.1, -0.05) is 0 Å². The Labute approximate surface area is 146 Å². The zero-order chi connectivity index (χ0) is 18.3. The topological polar surface area (TPSA) is 43.9 Å². The van der Waals surface area contributed by atoms with Crippen LogP contribution in [0.4, 0.5) is 4.39 Å². The molecule has 0 spiro atoms. The third-order valence-electron chi connectivity index (χ3n) is 3.79. The van der Waals surface area contributed by atoms with Crippen molar-refractivity contribution in [3.05, 3.63) is 29.6 Å². The zero-order valence-electron chi connectivity index (χ0n) is 15.4. The molecule has 7 heteroatoms. The molecule has 1 rings (SSSR count). The molecule has 0 saturated heterocycles. The van der Waals surface area contributed by atoms with Crippen molar-refractivity contribution in [2.75, 3.05) is 54.4 Å². The number of hydrogen-bond donors (Lipinski definition) is 0. The van der Waals surface area contributed by atoms with E-state index >= 15 is 0 Å². The fourth-order valence-electron chi connectivity index (χ4n) is 2.41. The molecule has 0 aliphatic rings. The molecule has 5 nitrogen and oxygen atoms in total. The predicted molar refractivity (Wildman–Crippen MR) is 96.2 cm³/mol. The van der Waals surface area contributed by atoms with Gasteiger partial charge in [0.1, 0.15) is 5.82 Å². The maximum Gasteiger partial charge on any atom is 0.243 e. The molecule has 0 atom stereocenters. The molecule has 0 radical (unpaired) electrons. The van der Waals surface area contributed by atoms with Gasteiger partial charge in [0.25, 0.3) is 0 Å². The molecule has 0 saturated carbocycles. The molecule has 0 amide bonds. The number of rotatable bonds is 10. The van der Waals surface area contributed by atoms with Gasteiger partial charge in [-0.05, 0) is 84.8 Å². The van der Waals surface area contributed by atoms with Crippen LogP contribution in [0, 0.1) is 12.7 Å². The van der Waals surface area contributed by atoms with E-state index in [0.717, 1.165) is 25.9 Å². The molecule has 1 aromatic rings. The van der Waals surface area contributed by atoms with Gasteiger partial charge in [0, 0.05) is 13.1 Å². The molecular weight excluding hydrogens is 329 g/mol. The van der Waals surface area contributed by atoms with Crippen molar-refractivity contribution in [3.63, 3.8) is 0 Å². The summed E-state index contributed by atoms with van der Waals surface area (Å²) in [4.78, 5) is 4.23. The van der Waals surface area contributed by atoms with E-state index in [9.17, 15) is 12.8 Å². The fourth-order valence-corrected chi connectivity index (χ4v) is 4.01. The van der Waals surface area contributed by atoms with Gasteiger partial charge in [-0.2, -0.15) is 4.31 Å². The smallest absolute Gasteiger partial charge is 0.243 e. The summed E-state index contributed by atoms with van der Waals surface area (Å²) in [6.45, 7) is 4.15. The molecule has 0 N–H and O–H groups in total. The lowest BCUT2D eigenvalue weighted by molar-refractivity contribution is 0.326. The molecule has 0 fully saturated rings. The Bertz CT molecular complexity index is 604. The third kappa shape index (κ3) is 6.47. The highest BCUT2D eigenvalue weighted by atomic mass is 32.2. The molecule has 0 aliphatic carbocycles. The minimum atomic E-state index is -3.61. The first-order valence-corrected chi connectivity index (χ1v) is 9.64. The summed E-state index contributed by atoms with van der Waals surface area (Å²) in [6.07, 6.45) is 1.52. The molecule has 0 bridgehead atoms. The van der Waals surface area contributed by atoms with Gasteiger partial charge in [-0.3, -0.25) is 0 Å². The predicted octanol–water partition coefficient (Wildman–Crippen LogP) is 2.03. The Morgan fingerprint density at radius 2 is 1.42 bits per heavy atom. The minimum Gasteiger partial charge on any atom is -0.309 e. The second kappa shape index (κ2) is 9.46. The van der Waals surface area contributed by atoms with Gasteiger partial charge in [0.15, 0.2) is 0 Å². The highest BCUT2D eigenvalue weighted by molar-refractivity contribution is 7.89. The molecule has 24 heavy (non-hydrogen) atoms. The van der Waals surface area contributed by atoms with Gasteiger partial charge in [-0.15, -0.1) is 0 Å². The normalized spacial score (nSPS) is 12.5. The van der Waals surface area contributed by atoms with Gasteiger partial charge < -0.3 is 9.80 Å². The van der Waals surface area contributed by atoms with Crippen molar-refractivity contribution >= 4 is 10.0 Å². The lowest BCUT2D eigenvalue weighted by Crippen LogP contribution is -2.35. The number of hydrogen-bond acceptors (Lipinski definition) is 4. The highest BCUT2D eigenvalue weighted by Gasteiger charge is 2.24. The SMILES string of the molecule is Cc1cc(S(=O)(=O)N(CCCN(C)C)CCCN(C)C)ccc1F. The summed E-state index contributed by atoms with van der Waals surface area (Å²) >= 11 is 0. The van der Waals surface area contributed by atoms with Crippen LogP contribution in [-0.2, 0) is 10.0 Å². The summed E-state index contributed by atoms with van der Waals surface area (Å²) in [6, 6.07) is 3.98. The number of benzene rings is 1. The van der Waals surface area contributed by atoms with Crippen molar-refractivity contribution in [1.29, 1.82) is 0 Å². The Kier molecular flexibility index (Phi) is 8.29. The van der Waals surface area contributed by atoms with Crippen LogP contribution in [0.2, 0.25) is 0 Å². The summed E-state index contributed by atoms with van der Waals surface area (Å²) in [5.41, 5.74) is 0.345. The number of nitrogens with zero attached hydrogens (tertiary/aromatic N) is 3. The lowest BCUT2D eigenvalue weighted by atomic mass is 10.2. The van der Waals surface area contributed by atoms with Crippen molar-refractivity contribution in [2.45, 2.75) is 24.7 Å². The van der Waals surface area contributed by atoms with Crippen molar-refractivity contribution in [3.8, 4) is 0 Å². The van der Waals surface area contributed by atoms with Crippen LogP contribution in [0.25, 0.3) is 0 Å². The van der Waals surface area contributed by atoms with E-state index in [1.807, 2.05) is 38.0 Å². The van der Waals surface area contributed by atoms with E-state index < -0.39 is 10.0 Å². The Morgan fingerprint density at radius 3 is 1.83 bits per heavy atom. The molecular formula is C17H30FN3O2S. The zero-order valence-corrected chi connectivity index (χ0v) is 16.2. The summed E-state index contributed by atoms with van der Waals surface area (Å²) in [5, 5.41) is 0. The average Bonchev–Trinajstić information content (AvgIpc) is 2.47. The molecule has 0 aliphatic heterocycles. The quantitative estimate of drug-likeness (QED) is 0.641. The van der Waals surface area contributed by atoms with Gasteiger partial charge in [-0.25, -0.2) is 12.8 Å². The largest absolute Gasteiger partial charge is 0.309 e. The van der Waals surface area contributed by atoms with Gasteiger partial charge >= 0.3 is 0 Å². The lowest BCUT2D eigenvalue weighted by Gasteiger charge is -2.24. The van der Waals surface area contributed by atoms with Crippen LogP contribution < -0.4 is 0 Å². The van der Waals surface area contributed by atoms with Gasteiger partial charge in [0.05, 0.1) is 4.90 Å². The molecule has 0 aromatic heterocycles. The van der Waals surface area contributed by atoms with E-state index in [4.69, 9.17) is 0 Å². The Hall–Kier alpha value is -1.02. The molecule has 138 valence electrons. The van der Waals surface area contributed by atoms with Crippen molar-refractivity contribution in [2.24, 2.45) is 0 Å². The minimum absolute atomic E-state index is 0.163. The first-order chi connectivity index (χ1) is 11.1. The van der Waals surface area contributed by atoms with E-state index in [0.29, 0.717) is 18.7 Å². The average molecular weight is 360 g/mol. The van der Waals surface area contributed by atoms with Crippen molar-refractivity contribution < 1.29 is 12.8 Å². The summed E-state index contributed by atoms with van der Waals surface area (Å²) in [5.74, 6) is -0.388. The Morgan fingerprint density at radius 1 is 0.917 bits per heavy atom. The van der Waals surface area contributed by atoms with Gasteiger partial charge in [0.2, 0.25) is 10.0 Å². The maximum absolute atomic E-state index is 13.5. The van der Waals surface area contributed by atoms with E-state index in [2.05, 4.69) is 0 Å². The number of sulfonamides is 1. The fraction of sp³-hybridized carbons (Fsp3) is 0.647. The van der Waals surface area contributed by atoms with Crippen LogP contribution >= 0.6 is 0 Å². The van der Waals surface area contributed by atoms with E-state index in [1.165, 1.54) is 22.5 Å². The first-order valence-electron chi connectivity index (χ1n) is 8.20.